The van der Waals surface area contributed by atoms with Gasteiger partial charge in [0, 0.05) is 15.7 Å². The lowest BCUT2D eigenvalue weighted by Crippen LogP contribution is -2.01. The van der Waals surface area contributed by atoms with E-state index >= 15 is 0 Å². The van der Waals surface area contributed by atoms with Crippen molar-refractivity contribution in [3.05, 3.63) is 40.6 Å². The second-order valence-electron chi connectivity index (χ2n) is 3.37. The summed E-state index contributed by atoms with van der Waals surface area (Å²) in [4.78, 5) is 8.06. The highest BCUT2D eigenvalue weighted by molar-refractivity contribution is 9.10. The van der Waals surface area contributed by atoms with Crippen molar-refractivity contribution >= 4 is 33.3 Å². The van der Waals surface area contributed by atoms with Gasteiger partial charge in [0.1, 0.15) is 18.0 Å². The van der Waals surface area contributed by atoms with E-state index in [1.54, 1.807) is 0 Å². The predicted molar refractivity (Wildman–Crippen MR) is 68.6 cm³/mol. The molecule has 0 unspecified atom stereocenters. The Kier molecular flexibility index (Phi) is 3.05. The van der Waals surface area contributed by atoms with Crippen LogP contribution in [0.3, 0.4) is 0 Å². The van der Waals surface area contributed by atoms with Crippen LogP contribution in [0.2, 0.25) is 0 Å². The van der Waals surface area contributed by atoms with Crippen LogP contribution < -0.4 is 11.1 Å². The summed E-state index contributed by atoms with van der Waals surface area (Å²) in [6, 6.07) is 7.85. The van der Waals surface area contributed by atoms with Gasteiger partial charge < -0.3 is 11.1 Å². The van der Waals surface area contributed by atoms with Crippen LogP contribution in [-0.2, 0) is 0 Å². The fraction of sp³-hybridized carbons (Fsp3) is 0.0909. The SMILES string of the molecule is Cc1c(N)ncnc1Nc1cccc(Br)c1. The van der Waals surface area contributed by atoms with Gasteiger partial charge in [-0.3, -0.25) is 0 Å². The van der Waals surface area contributed by atoms with Gasteiger partial charge >= 0.3 is 0 Å². The van der Waals surface area contributed by atoms with Crippen molar-refractivity contribution in [2.24, 2.45) is 0 Å². The first-order chi connectivity index (χ1) is 7.66. The van der Waals surface area contributed by atoms with Crippen LogP contribution in [0.4, 0.5) is 17.3 Å². The lowest BCUT2D eigenvalue weighted by atomic mass is 10.3. The molecule has 0 saturated carbocycles. The number of benzene rings is 1. The van der Waals surface area contributed by atoms with Crippen molar-refractivity contribution in [1.82, 2.24) is 9.97 Å². The van der Waals surface area contributed by atoms with Crippen LogP contribution in [0.25, 0.3) is 0 Å². The summed E-state index contributed by atoms with van der Waals surface area (Å²) >= 11 is 3.41. The standard InChI is InChI=1S/C11H11BrN4/c1-7-10(13)14-6-15-11(7)16-9-4-2-3-8(12)5-9/h2-6H,1H3,(H3,13,14,15,16). The number of hydrogen-bond acceptors (Lipinski definition) is 4. The van der Waals surface area contributed by atoms with Crippen LogP contribution in [-0.4, -0.2) is 9.97 Å². The number of nitrogen functional groups attached to an aromatic ring is 1. The molecule has 0 aliphatic rings. The van der Waals surface area contributed by atoms with Crippen molar-refractivity contribution in [3.63, 3.8) is 0 Å². The number of anilines is 3. The average molecular weight is 279 g/mol. The molecule has 5 heteroatoms. The van der Waals surface area contributed by atoms with Gasteiger partial charge in [-0.25, -0.2) is 9.97 Å². The third-order valence-corrected chi connectivity index (χ3v) is 2.70. The number of nitrogens with zero attached hydrogens (tertiary/aromatic N) is 2. The van der Waals surface area contributed by atoms with Gasteiger partial charge in [0.05, 0.1) is 0 Å². The molecular formula is C11H11BrN4. The highest BCUT2D eigenvalue weighted by Crippen LogP contribution is 2.22. The number of nitrogens with two attached hydrogens (primary N) is 1. The summed E-state index contributed by atoms with van der Waals surface area (Å²) in [6.45, 7) is 1.88. The van der Waals surface area contributed by atoms with Crippen LogP contribution in [0.15, 0.2) is 35.1 Å². The second kappa shape index (κ2) is 4.49. The molecule has 1 aromatic heterocycles. The predicted octanol–water partition coefficient (Wildman–Crippen LogP) is 2.87. The summed E-state index contributed by atoms with van der Waals surface area (Å²) in [5, 5.41) is 3.19. The van der Waals surface area contributed by atoms with Gasteiger partial charge in [0.25, 0.3) is 0 Å². The molecule has 0 atom stereocenters. The molecule has 0 saturated heterocycles. The van der Waals surface area contributed by atoms with E-state index in [9.17, 15) is 0 Å². The first-order valence-corrected chi connectivity index (χ1v) is 5.56. The van der Waals surface area contributed by atoms with Crippen molar-refractivity contribution in [2.45, 2.75) is 6.92 Å². The van der Waals surface area contributed by atoms with Gasteiger partial charge in [-0.1, -0.05) is 22.0 Å². The smallest absolute Gasteiger partial charge is 0.138 e. The number of aromatic nitrogens is 2. The van der Waals surface area contributed by atoms with E-state index in [2.05, 4.69) is 31.2 Å². The van der Waals surface area contributed by atoms with E-state index in [4.69, 9.17) is 5.73 Å². The third-order valence-electron chi connectivity index (χ3n) is 2.21. The van der Waals surface area contributed by atoms with Crippen molar-refractivity contribution in [3.8, 4) is 0 Å². The van der Waals surface area contributed by atoms with E-state index in [1.165, 1.54) is 6.33 Å². The minimum atomic E-state index is 0.493. The Morgan fingerprint density at radius 2 is 2.12 bits per heavy atom. The van der Waals surface area contributed by atoms with E-state index in [1.807, 2.05) is 31.2 Å². The Morgan fingerprint density at radius 1 is 1.31 bits per heavy atom. The molecule has 0 fully saturated rings. The second-order valence-corrected chi connectivity index (χ2v) is 4.28. The van der Waals surface area contributed by atoms with Gasteiger partial charge in [-0.05, 0) is 25.1 Å². The van der Waals surface area contributed by atoms with Crippen LogP contribution in [0.5, 0.6) is 0 Å². The summed E-state index contributed by atoms with van der Waals surface area (Å²) in [5.41, 5.74) is 7.51. The molecule has 0 bridgehead atoms. The minimum Gasteiger partial charge on any atom is -0.383 e. The fourth-order valence-electron chi connectivity index (χ4n) is 1.29. The van der Waals surface area contributed by atoms with Crippen molar-refractivity contribution in [2.75, 3.05) is 11.1 Å². The molecule has 16 heavy (non-hydrogen) atoms. The zero-order valence-electron chi connectivity index (χ0n) is 8.74. The zero-order valence-corrected chi connectivity index (χ0v) is 10.3. The summed E-state index contributed by atoms with van der Waals surface area (Å²) in [7, 11) is 0. The summed E-state index contributed by atoms with van der Waals surface area (Å²) < 4.78 is 1.01. The van der Waals surface area contributed by atoms with Crippen molar-refractivity contribution < 1.29 is 0 Å². The average Bonchev–Trinajstić information content (AvgIpc) is 2.25. The largest absolute Gasteiger partial charge is 0.383 e. The highest BCUT2D eigenvalue weighted by Gasteiger charge is 2.04. The van der Waals surface area contributed by atoms with E-state index in [0.717, 1.165) is 21.5 Å². The monoisotopic (exact) mass is 278 g/mol. The Hall–Kier alpha value is -1.62. The van der Waals surface area contributed by atoms with Gasteiger partial charge in [0.2, 0.25) is 0 Å². The summed E-state index contributed by atoms with van der Waals surface area (Å²) in [6.07, 6.45) is 1.45. The maximum atomic E-state index is 5.70. The Morgan fingerprint density at radius 3 is 2.88 bits per heavy atom. The maximum absolute atomic E-state index is 5.70. The molecule has 4 nitrogen and oxygen atoms in total. The van der Waals surface area contributed by atoms with Gasteiger partial charge in [0.15, 0.2) is 0 Å². The molecule has 82 valence electrons. The van der Waals surface area contributed by atoms with Gasteiger partial charge in [-0.15, -0.1) is 0 Å². The van der Waals surface area contributed by atoms with Crippen LogP contribution in [0.1, 0.15) is 5.56 Å². The molecule has 1 aromatic carbocycles. The molecular weight excluding hydrogens is 268 g/mol. The first kappa shape index (κ1) is 10.9. The minimum absolute atomic E-state index is 0.493. The number of hydrogen-bond donors (Lipinski definition) is 2. The number of rotatable bonds is 2. The molecule has 3 N–H and O–H groups in total. The zero-order chi connectivity index (χ0) is 11.5. The first-order valence-electron chi connectivity index (χ1n) is 4.76. The molecule has 0 radical (unpaired) electrons. The van der Waals surface area contributed by atoms with Crippen molar-refractivity contribution in [1.29, 1.82) is 0 Å². The fourth-order valence-corrected chi connectivity index (χ4v) is 1.69. The van der Waals surface area contributed by atoms with E-state index in [0.29, 0.717) is 5.82 Å². The van der Waals surface area contributed by atoms with Crippen LogP contribution >= 0.6 is 15.9 Å². The topological polar surface area (TPSA) is 63.8 Å². The lowest BCUT2D eigenvalue weighted by Gasteiger charge is -2.09. The molecule has 1 heterocycles. The molecule has 2 rings (SSSR count). The Labute approximate surface area is 102 Å². The Bertz CT molecular complexity index is 513. The molecule has 0 amide bonds. The van der Waals surface area contributed by atoms with E-state index < -0.39 is 0 Å². The number of halogens is 1. The van der Waals surface area contributed by atoms with Gasteiger partial charge in [-0.2, -0.15) is 0 Å². The molecule has 0 aliphatic carbocycles. The van der Waals surface area contributed by atoms with E-state index in [-0.39, 0.29) is 0 Å². The summed E-state index contributed by atoms with van der Waals surface area (Å²) in [5.74, 6) is 1.22. The number of nitrogens with one attached hydrogen (secondary N) is 1. The third kappa shape index (κ3) is 2.30. The highest BCUT2D eigenvalue weighted by atomic mass is 79.9. The van der Waals surface area contributed by atoms with Crippen LogP contribution in [0, 0.1) is 6.92 Å². The molecule has 2 aromatic rings. The molecule has 0 spiro atoms. The normalized spacial score (nSPS) is 10.1. The quantitative estimate of drug-likeness (QED) is 0.887. The maximum Gasteiger partial charge on any atom is 0.138 e. The lowest BCUT2D eigenvalue weighted by molar-refractivity contribution is 1.14. The molecule has 0 aliphatic heterocycles. The Balaban J connectivity index is 2.31.